The second kappa shape index (κ2) is 4.70. The molecule has 16 heavy (non-hydrogen) atoms. The summed E-state index contributed by atoms with van der Waals surface area (Å²) in [6, 6.07) is 7.80. The largest absolute Gasteiger partial charge is 0.296 e. The van der Waals surface area contributed by atoms with Gasteiger partial charge < -0.3 is 0 Å². The van der Waals surface area contributed by atoms with Crippen molar-refractivity contribution in [3.8, 4) is 0 Å². The van der Waals surface area contributed by atoms with Crippen LogP contribution >= 0.6 is 12.6 Å². The zero-order valence-electron chi connectivity index (χ0n) is 8.77. The van der Waals surface area contributed by atoms with Crippen LogP contribution in [0.25, 0.3) is 0 Å². The minimum Gasteiger partial charge on any atom is -0.296 e. The highest BCUT2D eigenvalue weighted by molar-refractivity contribution is 7.79. The summed E-state index contributed by atoms with van der Waals surface area (Å²) in [5.41, 5.74) is 2.09. The predicted octanol–water partition coefficient (Wildman–Crippen LogP) is 1.64. The van der Waals surface area contributed by atoms with Gasteiger partial charge in [-0.2, -0.15) is 12.6 Å². The van der Waals surface area contributed by atoms with Gasteiger partial charge in [-0.05, 0) is 17.5 Å². The van der Waals surface area contributed by atoms with E-state index in [4.69, 9.17) is 0 Å². The molecule has 2 amide bonds. The molecule has 1 saturated heterocycles. The molecule has 0 aromatic heterocycles. The fourth-order valence-electron chi connectivity index (χ4n) is 1.87. The zero-order valence-corrected chi connectivity index (χ0v) is 9.67. The molecule has 1 aliphatic rings. The number of benzene rings is 1. The average Bonchev–Trinajstić information content (AvgIpc) is 2.29. The van der Waals surface area contributed by atoms with Gasteiger partial charge in [-0.15, -0.1) is 0 Å². The highest BCUT2D eigenvalue weighted by Crippen LogP contribution is 2.25. The Morgan fingerprint density at radius 2 is 1.94 bits per heavy atom. The molecule has 0 aliphatic carbocycles. The quantitative estimate of drug-likeness (QED) is 0.604. The lowest BCUT2D eigenvalue weighted by molar-refractivity contribution is -0.134. The number of hydrogen-bond acceptors (Lipinski definition) is 3. The zero-order chi connectivity index (χ0) is 11.5. The first-order valence-corrected chi connectivity index (χ1v) is 5.87. The summed E-state index contributed by atoms with van der Waals surface area (Å²) in [5.74, 6) is 0.144. The van der Waals surface area contributed by atoms with Crippen molar-refractivity contribution in [3.05, 3.63) is 35.4 Å². The number of carbonyl (C=O) groups excluding carboxylic acids is 2. The number of nitrogens with one attached hydrogen (secondary N) is 1. The lowest BCUT2D eigenvalue weighted by atomic mass is 9.90. The molecule has 4 heteroatoms. The molecule has 0 spiro atoms. The Bertz CT molecular complexity index is 414. The Morgan fingerprint density at radius 1 is 1.25 bits per heavy atom. The molecule has 1 aromatic rings. The molecule has 0 saturated carbocycles. The lowest BCUT2D eigenvalue weighted by Crippen LogP contribution is -2.39. The highest BCUT2D eigenvalue weighted by Gasteiger charge is 2.27. The average molecular weight is 235 g/mol. The van der Waals surface area contributed by atoms with Crippen LogP contribution in [0.15, 0.2) is 24.3 Å². The summed E-state index contributed by atoms with van der Waals surface area (Å²) in [7, 11) is 0. The molecule has 1 unspecified atom stereocenters. The van der Waals surface area contributed by atoms with Crippen molar-refractivity contribution in [1.82, 2.24) is 5.32 Å². The molecule has 1 fully saturated rings. The van der Waals surface area contributed by atoms with E-state index in [0.29, 0.717) is 18.6 Å². The van der Waals surface area contributed by atoms with Crippen molar-refractivity contribution < 1.29 is 9.59 Å². The molecular formula is C12H13NO2S. The van der Waals surface area contributed by atoms with Gasteiger partial charge in [0.05, 0.1) is 5.92 Å². The summed E-state index contributed by atoms with van der Waals surface area (Å²) in [6.45, 7) is 0. The third-order valence-corrected chi connectivity index (χ3v) is 3.17. The number of piperidine rings is 1. The molecule has 0 radical (unpaired) electrons. The first-order valence-electron chi connectivity index (χ1n) is 5.24. The second-order valence-electron chi connectivity index (χ2n) is 3.90. The van der Waals surface area contributed by atoms with E-state index in [1.54, 1.807) is 0 Å². The van der Waals surface area contributed by atoms with Crippen molar-refractivity contribution in [3.63, 3.8) is 0 Å². The molecule has 1 heterocycles. The Hall–Kier alpha value is -1.29. The van der Waals surface area contributed by atoms with Crippen LogP contribution in [0.5, 0.6) is 0 Å². The summed E-state index contributed by atoms with van der Waals surface area (Å²) in [6.07, 6.45) is 1.02. The van der Waals surface area contributed by atoms with Crippen molar-refractivity contribution in [1.29, 1.82) is 0 Å². The maximum atomic E-state index is 11.6. The number of thiol groups is 1. The van der Waals surface area contributed by atoms with Crippen LogP contribution in [0.4, 0.5) is 0 Å². The predicted molar refractivity (Wildman–Crippen MR) is 64.3 cm³/mol. The van der Waals surface area contributed by atoms with Gasteiger partial charge in [-0.25, -0.2) is 0 Å². The van der Waals surface area contributed by atoms with E-state index in [0.717, 1.165) is 11.1 Å². The van der Waals surface area contributed by atoms with Crippen LogP contribution in [0, 0.1) is 0 Å². The number of amides is 2. The van der Waals surface area contributed by atoms with E-state index in [-0.39, 0.29) is 17.7 Å². The van der Waals surface area contributed by atoms with Gasteiger partial charge in [0.25, 0.3) is 0 Å². The van der Waals surface area contributed by atoms with Gasteiger partial charge >= 0.3 is 0 Å². The van der Waals surface area contributed by atoms with E-state index >= 15 is 0 Å². The van der Waals surface area contributed by atoms with E-state index in [2.05, 4.69) is 17.9 Å². The summed E-state index contributed by atoms with van der Waals surface area (Å²) >= 11 is 4.18. The van der Waals surface area contributed by atoms with Gasteiger partial charge in [0.2, 0.25) is 11.8 Å². The van der Waals surface area contributed by atoms with Crippen molar-refractivity contribution in [2.24, 2.45) is 0 Å². The summed E-state index contributed by atoms with van der Waals surface area (Å²) in [4.78, 5) is 22.6. The molecular weight excluding hydrogens is 222 g/mol. The third kappa shape index (κ3) is 2.27. The van der Waals surface area contributed by atoms with Gasteiger partial charge in [-0.3, -0.25) is 14.9 Å². The Labute approximate surface area is 99.6 Å². The van der Waals surface area contributed by atoms with Crippen LogP contribution in [0.1, 0.15) is 29.9 Å². The van der Waals surface area contributed by atoms with Gasteiger partial charge in [0.1, 0.15) is 0 Å². The Kier molecular flexibility index (Phi) is 3.29. The molecule has 0 bridgehead atoms. The highest BCUT2D eigenvalue weighted by atomic mass is 32.1. The first-order chi connectivity index (χ1) is 7.70. The van der Waals surface area contributed by atoms with Crippen molar-refractivity contribution >= 4 is 24.4 Å². The van der Waals surface area contributed by atoms with Gasteiger partial charge in [-0.1, -0.05) is 24.3 Å². The first kappa shape index (κ1) is 11.2. The van der Waals surface area contributed by atoms with Gasteiger partial charge in [0.15, 0.2) is 0 Å². The molecule has 3 nitrogen and oxygen atoms in total. The molecule has 1 aromatic carbocycles. The van der Waals surface area contributed by atoms with E-state index in [1.165, 1.54) is 0 Å². The fourth-order valence-corrected chi connectivity index (χ4v) is 2.08. The van der Waals surface area contributed by atoms with Crippen LogP contribution < -0.4 is 5.32 Å². The fraction of sp³-hybridized carbons (Fsp3) is 0.333. The van der Waals surface area contributed by atoms with Crippen LogP contribution in [-0.4, -0.2) is 11.8 Å². The minimum absolute atomic E-state index is 0.173. The Balaban J connectivity index is 2.17. The minimum atomic E-state index is -0.188. The number of carbonyl (C=O) groups is 2. The second-order valence-corrected chi connectivity index (χ2v) is 4.22. The maximum absolute atomic E-state index is 11.6. The van der Waals surface area contributed by atoms with Crippen molar-refractivity contribution in [2.45, 2.75) is 24.5 Å². The number of imide groups is 1. The maximum Gasteiger partial charge on any atom is 0.234 e. The van der Waals surface area contributed by atoms with E-state index in [9.17, 15) is 9.59 Å². The number of hydrogen-bond donors (Lipinski definition) is 2. The smallest absolute Gasteiger partial charge is 0.234 e. The van der Waals surface area contributed by atoms with E-state index < -0.39 is 0 Å². The molecule has 1 N–H and O–H groups in total. The normalized spacial score (nSPS) is 20.7. The Morgan fingerprint density at radius 3 is 2.50 bits per heavy atom. The molecule has 1 aliphatic heterocycles. The lowest BCUT2D eigenvalue weighted by Gasteiger charge is -2.21. The van der Waals surface area contributed by atoms with Crippen molar-refractivity contribution in [2.75, 3.05) is 0 Å². The monoisotopic (exact) mass is 235 g/mol. The molecule has 84 valence electrons. The summed E-state index contributed by atoms with van der Waals surface area (Å²) in [5, 5.41) is 2.36. The van der Waals surface area contributed by atoms with Gasteiger partial charge in [0, 0.05) is 12.2 Å². The molecule has 1 atom stereocenters. The molecule has 2 rings (SSSR count). The van der Waals surface area contributed by atoms with Crippen LogP contribution in [-0.2, 0) is 15.3 Å². The topological polar surface area (TPSA) is 46.2 Å². The standard InChI is InChI=1S/C12H13NO2S/c14-11-6-5-10(12(15)13-11)9-3-1-8(7-16)2-4-9/h1-4,10,16H,5-7H2,(H,13,14,15). The van der Waals surface area contributed by atoms with Crippen LogP contribution in [0.2, 0.25) is 0 Å². The third-order valence-electron chi connectivity index (χ3n) is 2.80. The number of rotatable bonds is 2. The van der Waals surface area contributed by atoms with E-state index in [1.807, 2.05) is 24.3 Å². The SMILES string of the molecule is O=C1CCC(c2ccc(CS)cc2)C(=O)N1. The summed E-state index contributed by atoms with van der Waals surface area (Å²) < 4.78 is 0. The van der Waals surface area contributed by atoms with Crippen LogP contribution in [0.3, 0.4) is 0 Å².